The first-order chi connectivity index (χ1) is 16.5. The summed E-state index contributed by atoms with van der Waals surface area (Å²) in [6.07, 6.45) is 0. The van der Waals surface area contributed by atoms with E-state index in [0.717, 1.165) is 23.2 Å². The van der Waals surface area contributed by atoms with Gasteiger partial charge in [-0.15, -0.1) is 0 Å². The molecule has 0 spiro atoms. The van der Waals surface area contributed by atoms with Crippen molar-refractivity contribution in [1.82, 2.24) is 14.5 Å². The second kappa shape index (κ2) is 11.0. The molecule has 1 heterocycles. The molecule has 34 heavy (non-hydrogen) atoms. The lowest BCUT2D eigenvalue weighted by Gasteiger charge is -2.33. The topological polar surface area (TPSA) is 69.7 Å². The maximum Gasteiger partial charge on any atom is 0.252 e. The van der Waals surface area contributed by atoms with E-state index in [0.29, 0.717) is 31.7 Å². The van der Waals surface area contributed by atoms with Crippen LogP contribution < -0.4 is 5.32 Å². The van der Waals surface area contributed by atoms with Crippen LogP contribution in [0.15, 0.2) is 84.9 Å². The third kappa shape index (κ3) is 5.91. The van der Waals surface area contributed by atoms with Gasteiger partial charge in [0.15, 0.2) is 0 Å². The Labute approximate surface area is 202 Å². The van der Waals surface area contributed by atoms with Gasteiger partial charge >= 0.3 is 0 Å². The van der Waals surface area contributed by atoms with Crippen molar-refractivity contribution in [2.75, 3.05) is 31.9 Å². The van der Waals surface area contributed by atoms with E-state index in [9.17, 15) is 13.2 Å². The van der Waals surface area contributed by atoms with Crippen LogP contribution in [0.3, 0.4) is 0 Å². The van der Waals surface area contributed by atoms with Crippen LogP contribution in [0.5, 0.6) is 0 Å². The average Bonchev–Trinajstić information content (AvgIpc) is 2.89. The van der Waals surface area contributed by atoms with Crippen LogP contribution in [0.25, 0.3) is 0 Å². The van der Waals surface area contributed by atoms with Gasteiger partial charge in [0.05, 0.1) is 11.8 Å². The number of piperazine rings is 1. The number of amides is 1. The van der Waals surface area contributed by atoms with Crippen molar-refractivity contribution in [2.24, 2.45) is 0 Å². The van der Waals surface area contributed by atoms with E-state index in [4.69, 9.17) is 0 Å². The van der Waals surface area contributed by atoms with Crippen LogP contribution in [-0.2, 0) is 16.6 Å². The number of rotatable bonds is 8. The summed E-state index contributed by atoms with van der Waals surface area (Å²) in [6, 6.07) is 27.4. The minimum Gasteiger partial charge on any atom is -0.341 e. The first-order valence-corrected chi connectivity index (χ1v) is 13.3. The summed E-state index contributed by atoms with van der Waals surface area (Å²) in [5.41, 5.74) is 3.77. The Morgan fingerprint density at radius 2 is 1.35 bits per heavy atom. The predicted molar refractivity (Wildman–Crippen MR) is 135 cm³/mol. The number of carbonyl (C=O) groups excluding carboxylic acids is 1. The second-order valence-corrected chi connectivity index (χ2v) is 10.8. The zero-order chi connectivity index (χ0) is 24.0. The molecule has 1 fully saturated rings. The molecule has 4 rings (SSSR count). The monoisotopic (exact) mass is 477 g/mol. The summed E-state index contributed by atoms with van der Waals surface area (Å²) in [7, 11) is -3.12. The van der Waals surface area contributed by atoms with Gasteiger partial charge in [0.1, 0.15) is 0 Å². The van der Waals surface area contributed by atoms with Crippen molar-refractivity contribution in [3.8, 4) is 0 Å². The van der Waals surface area contributed by atoms with Gasteiger partial charge in [-0.3, -0.25) is 9.69 Å². The largest absolute Gasteiger partial charge is 0.341 e. The maximum atomic E-state index is 13.1. The third-order valence-electron chi connectivity index (χ3n) is 6.25. The molecule has 1 amide bonds. The molecular weight excluding hydrogens is 446 g/mol. The summed E-state index contributed by atoms with van der Waals surface area (Å²) in [5, 5.41) is 3.18. The molecule has 0 aliphatic carbocycles. The molecule has 1 aliphatic rings. The lowest BCUT2D eigenvalue weighted by Crippen LogP contribution is -2.48. The number of nitrogens with one attached hydrogen (secondary N) is 1. The van der Waals surface area contributed by atoms with Crippen molar-refractivity contribution >= 4 is 15.9 Å². The van der Waals surface area contributed by atoms with Crippen LogP contribution in [0, 0.1) is 0 Å². The van der Waals surface area contributed by atoms with Crippen molar-refractivity contribution in [1.29, 1.82) is 0 Å². The van der Waals surface area contributed by atoms with Crippen molar-refractivity contribution < 1.29 is 13.2 Å². The van der Waals surface area contributed by atoms with Gasteiger partial charge in [-0.25, -0.2) is 8.42 Å². The van der Waals surface area contributed by atoms with E-state index in [2.05, 4.69) is 10.2 Å². The predicted octanol–water partition coefficient (Wildman–Crippen LogP) is 3.67. The minimum atomic E-state index is -3.12. The summed E-state index contributed by atoms with van der Waals surface area (Å²) in [4.78, 5) is 15.3. The standard InChI is InChI=1S/C27H31N3O3S/c1-2-34(32,33)30-19-17-29(18-20-30)21-22-13-15-25(16-14-22)27(31)28-26(23-9-5-3-6-10-23)24-11-7-4-8-12-24/h3-16,26H,2,17-21H2,1H3,(H,28,31). The van der Waals surface area contributed by atoms with Gasteiger partial charge in [-0.1, -0.05) is 72.8 Å². The highest BCUT2D eigenvalue weighted by Gasteiger charge is 2.25. The second-order valence-electron chi connectivity index (χ2n) is 8.50. The van der Waals surface area contributed by atoms with Gasteiger partial charge in [0.2, 0.25) is 10.0 Å². The molecule has 0 radical (unpaired) electrons. The van der Waals surface area contributed by atoms with Crippen LogP contribution in [0.4, 0.5) is 0 Å². The molecule has 0 aromatic heterocycles. The quantitative estimate of drug-likeness (QED) is 0.538. The molecule has 1 aliphatic heterocycles. The van der Waals surface area contributed by atoms with Crippen LogP contribution >= 0.6 is 0 Å². The summed E-state index contributed by atoms with van der Waals surface area (Å²) in [6.45, 7) is 4.88. The van der Waals surface area contributed by atoms with Crippen LogP contribution in [0.1, 0.15) is 40.0 Å². The van der Waals surface area contributed by atoms with E-state index in [1.165, 1.54) is 0 Å². The number of sulfonamides is 1. The Hall–Kier alpha value is -3.00. The molecular formula is C27H31N3O3S. The fourth-order valence-corrected chi connectivity index (χ4v) is 5.32. The Morgan fingerprint density at radius 1 is 0.824 bits per heavy atom. The molecule has 7 heteroatoms. The Bertz CT molecular complexity index is 1140. The number of nitrogens with zero attached hydrogens (tertiary/aromatic N) is 2. The smallest absolute Gasteiger partial charge is 0.252 e. The molecule has 0 atom stereocenters. The summed E-state index contributed by atoms with van der Waals surface area (Å²) < 4.78 is 25.7. The van der Waals surface area contributed by atoms with Crippen molar-refractivity contribution in [3.63, 3.8) is 0 Å². The van der Waals surface area contributed by atoms with Crippen LogP contribution in [0.2, 0.25) is 0 Å². The third-order valence-corrected chi connectivity index (χ3v) is 8.13. The Balaban J connectivity index is 1.39. The molecule has 0 bridgehead atoms. The normalized spacial score (nSPS) is 15.4. The van der Waals surface area contributed by atoms with E-state index >= 15 is 0 Å². The lowest BCUT2D eigenvalue weighted by molar-refractivity contribution is 0.0943. The molecule has 0 unspecified atom stereocenters. The van der Waals surface area contributed by atoms with Crippen molar-refractivity contribution in [3.05, 3.63) is 107 Å². The number of hydrogen-bond acceptors (Lipinski definition) is 4. The highest BCUT2D eigenvalue weighted by Crippen LogP contribution is 2.22. The first kappa shape index (κ1) is 24.1. The first-order valence-electron chi connectivity index (χ1n) is 11.7. The zero-order valence-electron chi connectivity index (χ0n) is 19.4. The molecule has 0 saturated carbocycles. The number of carbonyl (C=O) groups is 1. The maximum absolute atomic E-state index is 13.1. The van der Waals surface area contributed by atoms with Gasteiger partial charge in [0, 0.05) is 38.3 Å². The Morgan fingerprint density at radius 3 is 1.85 bits per heavy atom. The SMILES string of the molecule is CCS(=O)(=O)N1CCN(Cc2ccc(C(=O)NC(c3ccccc3)c3ccccc3)cc2)CC1. The highest BCUT2D eigenvalue weighted by atomic mass is 32.2. The van der Waals surface area contributed by atoms with Crippen molar-refractivity contribution in [2.45, 2.75) is 19.5 Å². The molecule has 3 aromatic rings. The summed E-state index contributed by atoms with van der Waals surface area (Å²) in [5.74, 6) is 0.0222. The molecule has 1 N–H and O–H groups in total. The lowest BCUT2D eigenvalue weighted by atomic mass is 9.98. The van der Waals surface area contributed by atoms with Crippen LogP contribution in [-0.4, -0.2) is 55.5 Å². The minimum absolute atomic E-state index is 0.123. The molecule has 3 aromatic carbocycles. The van der Waals surface area contributed by atoms with Gasteiger partial charge in [-0.05, 0) is 35.7 Å². The average molecular weight is 478 g/mol. The van der Waals surface area contributed by atoms with Gasteiger partial charge in [0.25, 0.3) is 5.91 Å². The van der Waals surface area contributed by atoms with Gasteiger partial charge in [-0.2, -0.15) is 4.31 Å². The van der Waals surface area contributed by atoms with Gasteiger partial charge < -0.3 is 5.32 Å². The van der Waals surface area contributed by atoms with E-state index in [-0.39, 0.29) is 17.7 Å². The molecule has 178 valence electrons. The fraction of sp³-hybridized carbons (Fsp3) is 0.296. The Kier molecular flexibility index (Phi) is 7.77. The number of benzene rings is 3. The van der Waals surface area contributed by atoms with E-state index in [1.807, 2.05) is 84.9 Å². The number of hydrogen-bond donors (Lipinski definition) is 1. The zero-order valence-corrected chi connectivity index (χ0v) is 20.2. The fourth-order valence-electron chi connectivity index (χ4n) is 4.23. The van der Waals surface area contributed by atoms with E-state index < -0.39 is 10.0 Å². The molecule has 6 nitrogen and oxygen atoms in total. The summed E-state index contributed by atoms with van der Waals surface area (Å²) >= 11 is 0. The molecule has 1 saturated heterocycles. The highest BCUT2D eigenvalue weighted by molar-refractivity contribution is 7.89. The van der Waals surface area contributed by atoms with E-state index in [1.54, 1.807) is 11.2 Å².